The molecule has 0 saturated heterocycles. The Morgan fingerprint density at radius 1 is 1.19 bits per heavy atom. The van der Waals surface area contributed by atoms with E-state index in [9.17, 15) is 9.59 Å². The first-order valence-corrected chi connectivity index (χ1v) is 10.7. The molecular formula is C22H31N7O2. The summed E-state index contributed by atoms with van der Waals surface area (Å²) in [7, 11) is 2.02. The summed E-state index contributed by atoms with van der Waals surface area (Å²) in [6.45, 7) is 0. The molecule has 9 heteroatoms. The number of allylic oxidation sites excluding steroid dienone is 3. The lowest BCUT2D eigenvalue weighted by molar-refractivity contribution is -0.116. The van der Waals surface area contributed by atoms with Gasteiger partial charge in [0.1, 0.15) is 11.6 Å². The van der Waals surface area contributed by atoms with E-state index in [4.69, 9.17) is 11.5 Å². The van der Waals surface area contributed by atoms with Gasteiger partial charge in [-0.2, -0.15) is 0 Å². The van der Waals surface area contributed by atoms with Gasteiger partial charge in [0.2, 0.25) is 0 Å². The number of amides is 1. The second-order valence-electron chi connectivity index (χ2n) is 7.99. The van der Waals surface area contributed by atoms with Crippen LogP contribution in [0.1, 0.15) is 50.8 Å². The number of aromatic nitrogens is 2. The van der Waals surface area contributed by atoms with E-state index in [2.05, 4.69) is 25.5 Å². The van der Waals surface area contributed by atoms with Gasteiger partial charge in [-0.15, -0.1) is 0 Å². The molecule has 166 valence electrons. The molecular weight excluding hydrogens is 394 g/mol. The second-order valence-corrected chi connectivity index (χ2v) is 7.99. The van der Waals surface area contributed by atoms with E-state index < -0.39 is 0 Å². The van der Waals surface area contributed by atoms with Crippen molar-refractivity contribution in [3.05, 3.63) is 42.1 Å². The minimum Gasteiger partial charge on any atom is -0.404 e. The highest BCUT2D eigenvalue weighted by atomic mass is 16.1. The number of hydrogen-bond acceptors (Lipinski definition) is 8. The number of carbonyl (C=O) groups excluding carboxylic acids is 2. The normalized spacial score (nSPS) is 18.1. The number of carbonyl (C=O) groups is 2. The molecule has 2 aliphatic rings. The van der Waals surface area contributed by atoms with Crippen LogP contribution in [0.5, 0.6) is 0 Å². The van der Waals surface area contributed by atoms with Crippen molar-refractivity contribution < 1.29 is 9.59 Å². The van der Waals surface area contributed by atoms with Crippen LogP contribution in [0.25, 0.3) is 5.57 Å². The van der Waals surface area contributed by atoms with E-state index >= 15 is 0 Å². The number of anilines is 2. The first-order chi connectivity index (χ1) is 15.0. The first-order valence-electron chi connectivity index (χ1n) is 10.7. The number of nitrogens with one attached hydrogen (secondary N) is 2. The average molecular weight is 426 g/mol. The fraction of sp³-hybridized carbons (Fsp3) is 0.455. The summed E-state index contributed by atoms with van der Waals surface area (Å²) in [6.07, 6.45) is 15.0. The third-order valence-corrected chi connectivity index (χ3v) is 5.74. The van der Waals surface area contributed by atoms with Gasteiger partial charge in [0.25, 0.3) is 5.91 Å². The monoisotopic (exact) mass is 425 g/mol. The number of nitrogens with zero attached hydrogens (tertiary/aromatic N) is 3. The third-order valence-electron chi connectivity index (χ3n) is 5.74. The largest absolute Gasteiger partial charge is 0.404 e. The lowest BCUT2D eigenvalue weighted by Crippen LogP contribution is -2.34. The molecule has 6 N–H and O–H groups in total. The fourth-order valence-electron chi connectivity index (χ4n) is 3.69. The quantitative estimate of drug-likeness (QED) is 0.267. The van der Waals surface area contributed by atoms with Gasteiger partial charge in [0, 0.05) is 31.4 Å². The van der Waals surface area contributed by atoms with Crippen molar-refractivity contribution >= 4 is 29.4 Å². The molecule has 0 aromatic carbocycles. The Labute approximate surface area is 182 Å². The molecule has 1 heterocycles. The molecule has 31 heavy (non-hydrogen) atoms. The zero-order valence-electron chi connectivity index (χ0n) is 17.9. The maximum atomic E-state index is 12.6. The summed E-state index contributed by atoms with van der Waals surface area (Å²) in [5, 5.41) is 5.89. The Morgan fingerprint density at radius 3 is 2.55 bits per heavy atom. The van der Waals surface area contributed by atoms with Gasteiger partial charge >= 0.3 is 0 Å². The zero-order valence-corrected chi connectivity index (χ0v) is 17.9. The van der Waals surface area contributed by atoms with Crippen molar-refractivity contribution in [1.82, 2.24) is 20.2 Å². The standard InChI is InChI=1S/C22H31N7O2/c1-29(17-9-4-10-17)11-5-8-16(14-30)25-20-12-19(24)27-21(28-20)18(13-23)22(31)26-15-6-2-3-7-15/h5,8,11-15,17H,2-4,6-7,9-10,23H2,1H3,(H,26,31)(H3,24,25,27,28)/b11-5-,16-8+,18-13+. The summed E-state index contributed by atoms with van der Waals surface area (Å²) in [5.74, 6) is 0.228. The van der Waals surface area contributed by atoms with E-state index in [0.717, 1.165) is 25.7 Å². The van der Waals surface area contributed by atoms with Crippen molar-refractivity contribution in [2.45, 2.75) is 57.0 Å². The van der Waals surface area contributed by atoms with Crippen LogP contribution in [-0.2, 0) is 9.59 Å². The van der Waals surface area contributed by atoms with Crippen molar-refractivity contribution in [2.24, 2.45) is 5.73 Å². The highest BCUT2D eigenvalue weighted by molar-refractivity contribution is 6.18. The molecule has 0 atom stereocenters. The maximum Gasteiger partial charge on any atom is 0.256 e. The van der Waals surface area contributed by atoms with E-state index in [0.29, 0.717) is 23.8 Å². The first kappa shape index (κ1) is 22.3. The van der Waals surface area contributed by atoms with Crippen LogP contribution >= 0.6 is 0 Å². The van der Waals surface area contributed by atoms with Gasteiger partial charge in [-0.05, 0) is 50.5 Å². The molecule has 0 radical (unpaired) electrons. The van der Waals surface area contributed by atoms with Gasteiger partial charge in [-0.25, -0.2) is 9.97 Å². The number of nitrogens with two attached hydrogens (primary N) is 2. The molecule has 0 spiro atoms. The highest BCUT2D eigenvalue weighted by Gasteiger charge is 2.22. The third kappa shape index (κ3) is 6.07. The van der Waals surface area contributed by atoms with Crippen LogP contribution in [0.4, 0.5) is 11.6 Å². The molecule has 2 aliphatic carbocycles. The molecule has 0 bridgehead atoms. The second kappa shape index (κ2) is 10.6. The summed E-state index contributed by atoms with van der Waals surface area (Å²) in [4.78, 5) is 34.8. The Hall–Kier alpha value is -3.36. The molecule has 1 aromatic rings. The smallest absolute Gasteiger partial charge is 0.256 e. The average Bonchev–Trinajstić information content (AvgIpc) is 3.19. The Bertz CT molecular complexity index is 884. The summed E-state index contributed by atoms with van der Waals surface area (Å²) in [6, 6.07) is 2.20. The molecule has 0 aliphatic heterocycles. The van der Waals surface area contributed by atoms with Gasteiger partial charge in [0.15, 0.2) is 12.1 Å². The van der Waals surface area contributed by atoms with Crippen molar-refractivity contribution in [2.75, 3.05) is 18.1 Å². The maximum absolute atomic E-state index is 12.6. The Morgan fingerprint density at radius 2 is 1.94 bits per heavy atom. The topological polar surface area (TPSA) is 139 Å². The van der Waals surface area contributed by atoms with E-state index in [1.165, 1.54) is 31.5 Å². The number of rotatable bonds is 9. The van der Waals surface area contributed by atoms with Gasteiger partial charge < -0.3 is 27.0 Å². The summed E-state index contributed by atoms with van der Waals surface area (Å²) in [5.41, 5.74) is 12.0. The molecule has 9 nitrogen and oxygen atoms in total. The van der Waals surface area contributed by atoms with E-state index in [1.807, 2.05) is 13.2 Å². The van der Waals surface area contributed by atoms with Crippen LogP contribution in [0.3, 0.4) is 0 Å². The van der Waals surface area contributed by atoms with Crippen LogP contribution in [0.2, 0.25) is 0 Å². The van der Waals surface area contributed by atoms with Gasteiger partial charge in [-0.3, -0.25) is 9.59 Å². The van der Waals surface area contributed by atoms with Gasteiger partial charge in [0.05, 0.1) is 11.3 Å². The SMILES string of the molecule is CN(/C=C\C=C(/C=O)Nc1cc(N)nc(/C(=C\N)C(=O)NC2CCCC2)n1)C1CCC1. The Kier molecular flexibility index (Phi) is 7.64. The molecule has 3 rings (SSSR count). The molecule has 1 aromatic heterocycles. The lowest BCUT2D eigenvalue weighted by atomic mass is 9.92. The Balaban J connectivity index is 1.70. The van der Waals surface area contributed by atoms with Crippen LogP contribution < -0.4 is 22.1 Å². The number of aldehydes is 1. The summed E-state index contributed by atoms with van der Waals surface area (Å²) >= 11 is 0. The van der Waals surface area contributed by atoms with Crippen LogP contribution in [0.15, 0.2) is 36.3 Å². The van der Waals surface area contributed by atoms with Crippen molar-refractivity contribution in [1.29, 1.82) is 0 Å². The molecule has 2 fully saturated rings. The lowest BCUT2D eigenvalue weighted by Gasteiger charge is -2.33. The molecule has 0 unspecified atom stereocenters. The van der Waals surface area contributed by atoms with Crippen molar-refractivity contribution in [3.8, 4) is 0 Å². The summed E-state index contributed by atoms with van der Waals surface area (Å²) < 4.78 is 0. The molecule has 1 amide bonds. The number of nitrogen functional groups attached to an aromatic ring is 1. The van der Waals surface area contributed by atoms with Crippen molar-refractivity contribution in [3.63, 3.8) is 0 Å². The van der Waals surface area contributed by atoms with Crippen LogP contribution in [-0.4, -0.2) is 46.2 Å². The minimum absolute atomic E-state index is 0.103. The van der Waals surface area contributed by atoms with Gasteiger partial charge in [-0.1, -0.05) is 12.8 Å². The van der Waals surface area contributed by atoms with E-state index in [-0.39, 0.29) is 29.2 Å². The van der Waals surface area contributed by atoms with E-state index in [1.54, 1.807) is 12.2 Å². The molecule has 2 saturated carbocycles. The predicted octanol–water partition coefficient (Wildman–Crippen LogP) is 1.91. The minimum atomic E-state index is -0.334. The highest BCUT2D eigenvalue weighted by Crippen LogP contribution is 2.23. The van der Waals surface area contributed by atoms with Crippen LogP contribution in [0, 0.1) is 0 Å². The zero-order chi connectivity index (χ0) is 22.2. The fourth-order valence-corrected chi connectivity index (χ4v) is 3.69. The number of hydrogen-bond donors (Lipinski definition) is 4. The predicted molar refractivity (Wildman–Crippen MR) is 121 cm³/mol.